The number of rotatable bonds is 5. The van der Waals surface area contributed by atoms with Crippen molar-refractivity contribution in [1.29, 1.82) is 0 Å². The lowest BCUT2D eigenvalue weighted by Crippen LogP contribution is -2.53. The SMILES string of the molecule is COC1CC2(C1)CC(OCC(=O)C(C)C)C2. The Labute approximate surface area is 97.5 Å². The summed E-state index contributed by atoms with van der Waals surface area (Å²) >= 11 is 0. The Morgan fingerprint density at radius 3 is 2.31 bits per heavy atom. The first kappa shape index (κ1) is 12.1. The number of carbonyl (C=O) groups is 1. The van der Waals surface area contributed by atoms with Gasteiger partial charge in [0.2, 0.25) is 0 Å². The van der Waals surface area contributed by atoms with Gasteiger partial charge in [-0.05, 0) is 31.1 Å². The number of hydrogen-bond donors (Lipinski definition) is 0. The Morgan fingerprint density at radius 1 is 1.25 bits per heavy atom. The zero-order valence-electron chi connectivity index (χ0n) is 10.5. The van der Waals surface area contributed by atoms with Crippen LogP contribution < -0.4 is 0 Å². The van der Waals surface area contributed by atoms with Crippen molar-refractivity contribution < 1.29 is 14.3 Å². The molecule has 0 heterocycles. The minimum absolute atomic E-state index is 0.0932. The Hall–Kier alpha value is -0.410. The average Bonchev–Trinajstić information content (AvgIpc) is 2.12. The molecule has 0 amide bonds. The van der Waals surface area contributed by atoms with Crippen molar-refractivity contribution in [2.45, 2.75) is 51.7 Å². The number of Topliss-reactive ketones (excluding diaryl/α,β-unsaturated/α-hetero) is 1. The van der Waals surface area contributed by atoms with Crippen LogP contribution in [0.1, 0.15) is 39.5 Å². The molecule has 3 heteroatoms. The molecule has 0 aliphatic heterocycles. The lowest BCUT2D eigenvalue weighted by Gasteiger charge is -2.56. The molecule has 0 unspecified atom stereocenters. The van der Waals surface area contributed by atoms with Crippen LogP contribution in [-0.2, 0) is 14.3 Å². The van der Waals surface area contributed by atoms with E-state index in [2.05, 4.69) is 0 Å². The maximum atomic E-state index is 11.4. The van der Waals surface area contributed by atoms with Crippen molar-refractivity contribution in [3.05, 3.63) is 0 Å². The van der Waals surface area contributed by atoms with Gasteiger partial charge in [-0.25, -0.2) is 0 Å². The maximum Gasteiger partial charge on any atom is 0.160 e. The van der Waals surface area contributed by atoms with Gasteiger partial charge < -0.3 is 9.47 Å². The Kier molecular flexibility index (Phi) is 3.36. The van der Waals surface area contributed by atoms with Crippen LogP contribution in [0.15, 0.2) is 0 Å². The van der Waals surface area contributed by atoms with Crippen LogP contribution in [0.25, 0.3) is 0 Å². The molecule has 0 aromatic rings. The second kappa shape index (κ2) is 4.46. The fourth-order valence-corrected chi connectivity index (χ4v) is 2.80. The third kappa shape index (κ3) is 2.30. The topological polar surface area (TPSA) is 35.5 Å². The van der Waals surface area contributed by atoms with Gasteiger partial charge in [-0.15, -0.1) is 0 Å². The molecule has 0 radical (unpaired) electrons. The zero-order chi connectivity index (χ0) is 11.8. The van der Waals surface area contributed by atoms with Gasteiger partial charge in [0.1, 0.15) is 6.61 Å². The number of methoxy groups -OCH3 is 1. The predicted molar refractivity (Wildman–Crippen MR) is 61.3 cm³/mol. The molecular formula is C13H22O3. The first-order valence-electron chi connectivity index (χ1n) is 6.22. The summed E-state index contributed by atoms with van der Waals surface area (Å²) in [7, 11) is 1.78. The van der Waals surface area contributed by atoms with Crippen molar-refractivity contribution in [2.24, 2.45) is 11.3 Å². The summed E-state index contributed by atoms with van der Waals surface area (Å²) in [5.74, 6) is 0.305. The highest BCUT2D eigenvalue weighted by Crippen LogP contribution is 2.57. The summed E-state index contributed by atoms with van der Waals surface area (Å²) in [4.78, 5) is 11.4. The molecule has 0 N–H and O–H groups in total. The molecule has 92 valence electrons. The van der Waals surface area contributed by atoms with Gasteiger partial charge in [0, 0.05) is 13.0 Å². The fraction of sp³-hybridized carbons (Fsp3) is 0.923. The van der Waals surface area contributed by atoms with Crippen LogP contribution in [0.3, 0.4) is 0 Å². The second-order valence-electron chi connectivity index (χ2n) is 5.73. The quantitative estimate of drug-likeness (QED) is 0.721. The molecule has 2 aliphatic rings. The van der Waals surface area contributed by atoms with Crippen molar-refractivity contribution in [3.63, 3.8) is 0 Å². The van der Waals surface area contributed by atoms with Crippen LogP contribution in [0.2, 0.25) is 0 Å². The van der Waals surface area contributed by atoms with E-state index in [4.69, 9.17) is 9.47 Å². The van der Waals surface area contributed by atoms with Crippen molar-refractivity contribution in [2.75, 3.05) is 13.7 Å². The summed E-state index contributed by atoms with van der Waals surface area (Å²) in [5.41, 5.74) is 0.506. The van der Waals surface area contributed by atoms with E-state index in [1.165, 1.54) is 12.8 Å². The Morgan fingerprint density at radius 2 is 1.81 bits per heavy atom. The molecule has 0 atom stereocenters. The molecule has 1 spiro atoms. The molecule has 0 saturated heterocycles. The van der Waals surface area contributed by atoms with E-state index < -0.39 is 0 Å². The smallest absolute Gasteiger partial charge is 0.160 e. The van der Waals surface area contributed by atoms with E-state index in [1.807, 2.05) is 13.8 Å². The van der Waals surface area contributed by atoms with Gasteiger partial charge in [-0.1, -0.05) is 13.8 Å². The van der Waals surface area contributed by atoms with Crippen LogP contribution >= 0.6 is 0 Å². The number of ether oxygens (including phenoxy) is 2. The van der Waals surface area contributed by atoms with Gasteiger partial charge in [-0.2, -0.15) is 0 Å². The first-order chi connectivity index (χ1) is 7.54. The van der Waals surface area contributed by atoms with E-state index in [9.17, 15) is 4.79 Å². The first-order valence-corrected chi connectivity index (χ1v) is 6.22. The third-order valence-electron chi connectivity index (χ3n) is 4.08. The minimum Gasteiger partial charge on any atom is -0.381 e. The van der Waals surface area contributed by atoms with E-state index >= 15 is 0 Å². The van der Waals surface area contributed by atoms with Gasteiger partial charge in [0.15, 0.2) is 5.78 Å². The molecule has 0 aromatic carbocycles. The summed E-state index contributed by atoms with van der Waals surface area (Å²) in [6.45, 7) is 4.14. The van der Waals surface area contributed by atoms with Crippen LogP contribution in [0.5, 0.6) is 0 Å². The number of ketones is 1. The van der Waals surface area contributed by atoms with Gasteiger partial charge in [-0.3, -0.25) is 4.79 Å². The molecule has 2 fully saturated rings. The molecule has 2 saturated carbocycles. The highest BCUT2D eigenvalue weighted by molar-refractivity contribution is 5.81. The summed E-state index contributed by atoms with van der Waals surface area (Å²) in [6.07, 6.45) is 5.40. The highest BCUT2D eigenvalue weighted by Gasteiger charge is 2.53. The fourth-order valence-electron chi connectivity index (χ4n) is 2.80. The summed E-state index contributed by atoms with van der Waals surface area (Å²) < 4.78 is 10.9. The van der Waals surface area contributed by atoms with Crippen LogP contribution in [0, 0.1) is 11.3 Å². The highest BCUT2D eigenvalue weighted by atomic mass is 16.5. The van der Waals surface area contributed by atoms with Gasteiger partial charge >= 0.3 is 0 Å². The average molecular weight is 226 g/mol. The third-order valence-corrected chi connectivity index (χ3v) is 4.08. The lowest BCUT2D eigenvalue weighted by atomic mass is 9.53. The molecule has 0 bridgehead atoms. The van der Waals surface area contributed by atoms with E-state index in [0.717, 1.165) is 12.8 Å². The Balaban J connectivity index is 1.61. The van der Waals surface area contributed by atoms with E-state index in [1.54, 1.807) is 7.11 Å². The molecule has 3 nitrogen and oxygen atoms in total. The number of hydrogen-bond acceptors (Lipinski definition) is 3. The second-order valence-corrected chi connectivity index (χ2v) is 5.73. The molecule has 2 rings (SSSR count). The van der Waals surface area contributed by atoms with E-state index in [-0.39, 0.29) is 11.7 Å². The van der Waals surface area contributed by atoms with Crippen molar-refractivity contribution >= 4 is 5.78 Å². The largest absolute Gasteiger partial charge is 0.381 e. The van der Waals surface area contributed by atoms with Crippen molar-refractivity contribution in [1.82, 2.24) is 0 Å². The van der Waals surface area contributed by atoms with E-state index in [0.29, 0.717) is 24.2 Å². The van der Waals surface area contributed by atoms with Gasteiger partial charge in [0.25, 0.3) is 0 Å². The predicted octanol–water partition coefficient (Wildman–Crippen LogP) is 2.19. The minimum atomic E-state index is 0.0932. The standard InChI is InChI=1S/C13H22O3/c1-9(2)12(14)8-16-11-6-13(7-11)4-10(5-13)15-3/h9-11H,4-8H2,1-3H3. The van der Waals surface area contributed by atoms with Crippen molar-refractivity contribution in [3.8, 4) is 0 Å². The zero-order valence-corrected chi connectivity index (χ0v) is 10.5. The maximum absolute atomic E-state index is 11.4. The Bertz CT molecular complexity index is 258. The number of carbonyl (C=O) groups excluding carboxylic acids is 1. The normalized spacial score (nSPS) is 37.2. The molecule has 2 aliphatic carbocycles. The summed E-state index contributed by atoms with van der Waals surface area (Å²) in [6, 6.07) is 0. The van der Waals surface area contributed by atoms with Crippen LogP contribution in [0.4, 0.5) is 0 Å². The lowest BCUT2D eigenvalue weighted by molar-refractivity contribution is -0.171. The molecule has 0 aromatic heterocycles. The molecule has 16 heavy (non-hydrogen) atoms. The summed E-state index contributed by atoms with van der Waals surface area (Å²) in [5, 5.41) is 0. The molecular weight excluding hydrogens is 204 g/mol. The monoisotopic (exact) mass is 226 g/mol. The van der Waals surface area contributed by atoms with Gasteiger partial charge in [0.05, 0.1) is 12.2 Å². The van der Waals surface area contributed by atoms with Crippen LogP contribution in [-0.4, -0.2) is 31.7 Å².